The molecule has 0 aromatic carbocycles. The number of nitriles is 1. The molecule has 1 fully saturated rings. The molecule has 1 aliphatic rings. The fourth-order valence-corrected chi connectivity index (χ4v) is 2.92. The lowest BCUT2D eigenvalue weighted by Crippen LogP contribution is -2.39. The Morgan fingerprint density at radius 2 is 1.84 bits per heavy atom. The van der Waals surface area contributed by atoms with Gasteiger partial charge in [0.1, 0.15) is 0 Å². The average Bonchev–Trinajstić information content (AvgIpc) is 2.90. The zero-order valence-corrected chi connectivity index (χ0v) is 13.0. The predicted octanol–water partition coefficient (Wildman–Crippen LogP) is 3.17. The van der Waals surface area contributed by atoms with Gasteiger partial charge in [-0.3, -0.25) is 0 Å². The lowest BCUT2D eigenvalue weighted by atomic mass is 10.1. The van der Waals surface area contributed by atoms with Gasteiger partial charge < -0.3 is 10.2 Å². The topological polar surface area (TPSA) is 39.1 Å². The standard InChI is InChI=1S/C16H31N3/c1-4-18-15(13-17)10-12-19(11-9-14(2)3)16-7-5-6-8-16/h14-16,18H,4-12H2,1-3H3. The van der Waals surface area contributed by atoms with E-state index in [0.717, 1.165) is 31.5 Å². The molecule has 1 aliphatic carbocycles. The molecule has 3 heteroatoms. The van der Waals surface area contributed by atoms with Crippen LogP contribution in [-0.2, 0) is 0 Å². The van der Waals surface area contributed by atoms with Gasteiger partial charge >= 0.3 is 0 Å². The van der Waals surface area contributed by atoms with Crippen molar-refractivity contribution in [3.05, 3.63) is 0 Å². The zero-order valence-electron chi connectivity index (χ0n) is 13.0. The maximum absolute atomic E-state index is 9.12. The first-order valence-electron chi connectivity index (χ1n) is 8.04. The summed E-state index contributed by atoms with van der Waals surface area (Å²) in [5, 5.41) is 12.4. The molecule has 1 saturated carbocycles. The molecule has 0 radical (unpaired) electrons. The summed E-state index contributed by atoms with van der Waals surface area (Å²) in [4.78, 5) is 2.65. The molecule has 110 valence electrons. The Bertz CT molecular complexity index is 264. The molecular weight excluding hydrogens is 234 g/mol. The van der Waals surface area contributed by atoms with Crippen molar-refractivity contribution in [2.24, 2.45) is 5.92 Å². The van der Waals surface area contributed by atoms with E-state index < -0.39 is 0 Å². The average molecular weight is 265 g/mol. The summed E-state index contributed by atoms with van der Waals surface area (Å²) < 4.78 is 0. The molecule has 1 rings (SSSR count). The number of nitrogens with one attached hydrogen (secondary N) is 1. The van der Waals surface area contributed by atoms with Crippen LogP contribution in [0.1, 0.15) is 59.3 Å². The van der Waals surface area contributed by atoms with Crippen LogP contribution in [-0.4, -0.2) is 36.6 Å². The lowest BCUT2D eigenvalue weighted by Gasteiger charge is -2.30. The molecule has 0 heterocycles. The van der Waals surface area contributed by atoms with E-state index in [1.165, 1.54) is 38.6 Å². The SMILES string of the molecule is CCNC(C#N)CCN(CCC(C)C)C1CCCC1. The van der Waals surface area contributed by atoms with Crippen molar-refractivity contribution in [3.8, 4) is 6.07 Å². The Morgan fingerprint density at radius 3 is 2.37 bits per heavy atom. The Morgan fingerprint density at radius 1 is 1.21 bits per heavy atom. The van der Waals surface area contributed by atoms with Gasteiger partial charge in [0.15, 0.2) is 0 Å². The normalized spacial score (nSPS) is 18.1. The van der Waals surface area contributed by atoms with Gasteiger partial charge in [-0.1, -0.05) is 33.6 Å². The van der Waals surface area contributed by atoms with Crippen molar-refractivity contribution in [2.75, 3.05) is 19.6 Å². The second-order valence-electron chi connectivity index (χ2n) is 6.18. The fourth-order valence-electron chi connectivity index (χ4n) is 2.92. The molecule has 0 aromatic heterocycles. The van der Waals surface area contributed by atoms with E-state index in [1.54, 1.807) is 0 Å². The number of nitrogens with zero attached hydrogens (tertiary/aromatic N) is 2. The first-order valence-corrected chi connectivity index (χ1v) is 8.04. The van der Waals surface area contributed by atoms with Crippen molar-refractivity contribution in [3.63, 3.8) is 0 Å². The van der Waals surface area contributed by atoms with Crippen molar-refractivity contribution in [2.45, 2.75) is 71.4 Å². The van der Waals surface area contributed by atoms with Crippen LogP contribution in [0.2, 0.25) is 0 Å². The summed E-state index contributed by atoms with van der Waals surface area (Å²) in [5.41, 5.74) is 0. The highest BCUT2D eigenvalue weighted by Crippen LogP contribution is 2.24. The summed E-state index contributed by atoms with van der Waals surface area (Å²) >= 11 is 0. The molecule has 0 aromatic rings. The number of hydrogen-bond donors (Lipinski definition) is 1. The highest BCUT2D eigenvalue weighted by atomic mass is 15.2. The van der Waals surface area contributed by atoms with Crippen molar-refractivity contribution in [1.29, 1.82) is 5.26 Å². The summed E-state index contributed by atoms with van der Waals surface area (Å²) in [6.07, 6.45) is 7.72. The minimum Gasteiger partial charge on any atom is -0.302 e. The Kier molecular flexibility index (Phi) is 8.09. The molecule has 0 saturated heterocycles. The molecule has 0 spiro atoms. The summed E-state index contributed by atoms with van der Waals surface area (Å²) in [6, 6.07) is 3.17. The van der Waals surface area contributed by atoms with E-state index >= 15 is 0 Å². The molecule has 0 aliphatic heterocycles. The maximum atomic E-state index is 9.12. The van der Waals surface area contributed by atoms with Crippen LogP contribution < -0.4 is 5.32 Å². The van der Waals surface area contributed by atoms with Crippen LogP contribution in [0.5, 0.6) is 0 Å². The molecular formula is C16H31N3. The zero-order chi connectivity index (χ0) is 14.1. The first kappa shape index (κ1) is 16.5. The molecule has 1 atom stereocenters. The van der Waals surface area contributed by atoms with Crippen LogP contribution in [0.25, 0.3) is 0 Å². The Hall–Kier alpha value is -0.590. The largest absolute Gasteiger partial charge is 0.302 e. The molecule has 19 heavy (non-hydrogen) atoms. The van der Waals surface area contributed by atoms with Gasteiger partial charge in [-0.05, 0) is 44.7 Å². The van der Waals surface area contributed by atoms with E-state index in [2.05, 4.69) is 37.1 Å². The molecule has 0 amide bonds. The molecule has 3 nitrogen and oxygen atoms in total. The maximum Gasteiger partial charge on any atom is 0.0965 e. The third-order valence-corrected chi connectivity index (χ3v) is 4.15. The lowest BCUT2D eigenvalue weighted by molar-refractivity contribution is 0.182. The highest BCUT2D eigenvalue weighted by Gasteiger charge is 2.23. The highest BCUT2D eigenvalue weighted by molar-refractivity contribution is 4.90. The van der Waals surface area contributed by atoms with Crippen molar-refractivity contribution < 1.29 is 0 Å². The van der Waals surface area contributed by atoms with E-state index in [-0.39, 0.29) is 6.04 Å². The fraction of sp³-hybridized carbons (Fsp3) is 0.938. The van der Waals surface area contributed by atoms with Gasteiger partial charge in [0.05, 0.1) is 12.1 Å². The Labute approximate surface area is 119 Å². The van der Waals surface area contributed by atoms with E-state index in [9.17, 15) is 0 Å². The predicted molar refractivity (Wildman–Crippen MR) is 81.0 cm³/mol. The monoisotopic (exact) mass is 265 g/mol. The second kappa shape index (κ2) is 9.34. The van der Waals surface area contributed by atoms with Gasteiger partial charge in [0, 0.05) is 12.6 Å². The first-order chi connectivity index (χ1) is 9.17. The summed E-state index contributed by atoms with van der Waals surface area (Å²) in [5.74, 6) is 0.768. The van der Waals surface area contributed by atoms with E-state index in [0.29, 0.717) is 0 Å². The molecule has 1 unspecified atom stereocenters. The summed E-state index contributed by atoms with van der Waals surface area (Å²) in [7, 11) is 0. The third-order valence-electron chi connectivity index (χ3n) is 4.15. The van der Waals surface area contributed by atoms with Gasteiger partial charge in [-0.2, -0.15) is 5.26 Å². The van der Waals surface area contributed by atoms with Gasteiger partial charge in [-0.25, -0.2) is 0 Å². The van der Waals surface area contributed by atoms with Crippen molar-refractivity contribution >= 4 is 0 Å². The Balaban J connectivity index is 2.41. The molecule has 0 bridgehead atoms. The second-order valence-corrected chi connectivity index (χ2v) is 6.18. The third kappa shape index (κ3) is 6.40. The minimum absolute atomic E-state index is 0.0213. The van der Waals surface area contributed by atoms with Crippen LogP contribution in [0.3, 0.4) is 0 Å². The molecule has 1 N–H and O–H groups in total. The quantitative estimate of drug-likeness (QED) is 0.696. The van der Waals surface area contributed by atoms with Gasteiger partial charge in [0.2, 0.25) is 0 Å². The van der Waals surface area contributed by atoms with Crippen LogP contribution in [0.15, 0.2) is 0 Å². The van der Waals surface area contributed by atoms with Gasteiger partial charge in [-0.15, -0.1) is 0 Å². The smallest absolute Gasteiger partial charge is 0.0965 e. The number of hydrogen-bond acceptors (Lipinski definition) is 3. The van der Waals surface area contributed by atoms with Crippen LogP contribution >= 0.6 is 0 Å². The van der Waals surface area contributed by atoms with Crippen LogP contribution in [0, 0.1) is 17.2 Å². The van der Waals surface area contributed by atoms with Gasteiger partial charge in [0.25, 0.3) is 0 Å². The number of rotatable bonds is 9. The minimum atomic E-state index is 0.0213. The summed E-state index contributed by atoms with van der Waals surface area (Å²) in [6.45, 7) is 9.81. The van der Waals surface area contributed by atoms with Crippen LogP contribution in [0.4, 0.5) is 0 Å². The van der Waals surface area contributed by atoms with E-state index in [4.69, 9.17) is 5.26 Å². The van der Waals surface area contributed by atoms with E-state index in [1.807, 2.05) is 0 Å². The van der Waals surface area contributed by atoms with Crippen molar-refractivity contribution in [1.82, 2.24) is 10.2 Å².